The van der Waals surface area contributed by atoms with Crippen molar-refractivity contribution >= 4 is 40.3 Å². The van der Waals surface area contributed by atoms with Gasteiger partial charge in [-0.1, -0.05) is 24.3 Å². The second-order valence-electron chi connectivity index (χ2n) is 8.10. The average Bonchev–Trinajstić information content (AvgIpc) is 3.18. The molecule has 2 aliphatic rings. The van der Waals surface area contributed by atoms with Gasteiger partial charge in [-0.25, -0.2) is 0 Å². The van der Waals surface area contributed by atoms with Crippen LogP contribution in [0.1, 0.15) is 36.8 Å². The molecule has 2 N–H and O–H groups in total. The zero-order valence-corrected chi connectivity index (χ0v) is 18.4. The van der Waals surface area contributed by atoms with Crippen molar-refractivity contribution in [1.82, 2.24) is 5.32 Å². The number of nitrogens with one attached hydrogen (secondary N) is 2. The molecular weight excluding hydrogens is 392 g/mol. The molecule has 158 valence electrons. The number of para-hydroxylation sites is 1. The first kappa shape index (κ1) is 20.7. The SMILES string of the molecule is Cc1ccc(NC(=S)NCCCN2CCCc3ccccc32)cc1N1CCCC1=O. The largest absolute Gasteiger partial charge is 0.371 e. The van der Waals surface area contributed by atoms with E-state index >= 15 is 0 Å². The Labute approximate surface area is 184 Å². The van der Waals surface area contributed by atoms with Crippen molar-refractivity contribution < 1.29 is 4.79 Å². The minimum Gasteiger partial charge on any atom is -0.371 e. The summed E-state index contributed by atoms with van der Waals surface area (Å²) in [4.78, 5) is 16.5. The van der Waals surface area contributed by atoms with Gasteiger partial charge in [0.05, 0.1) is 0 Å². The van der Waals surface area contributed by atoms with Gasteiger partial charge in [-0.2, -0.15) is 0 Å². The van der Waals surface area contributed by atoms with Crippen molar-refractivity contribution in [2.75, 3.05) is 41.3 Å². The van der Waals surface area contributed by atoms with Crippen LogP contribution in [0.4, 0.5) is 17.1 Å². The third kappa shape index (κ3) is 4.75. The van der Waals surface area contributed by atoms with Crippen LogP contribution in [0, 0.1) is 6.92 Å². The van der Waals surface area contributed by atoms with Gasteiger partial charge in [0.15, 0.2) is 5.11 Å². The second kappa shape index (κ2) is 9.47. The summed E-state index contributed by atoms with van der Waals surface area (Å²) in [5, 5.41) is 7.21. The van der Waals surface area contributed by atoms with Crippen LogP contribution < -0.4 is 20.4 Å². The maximum absolute atomic E-state index is 12.1. The Kier molecular flexibility index (Phi) is 6.53. The predicted molar refractivity (Wildman–Crippen MR) is 129 cm³/mol. The lowest BCUT2D eigenvalue weighted by molar-refractivity contribution is -0.117. The molecule has 0 spiro atoms. The minimum atomic E-state index is 0.204. The number of anilines is 3. The summed E-state index contributed by atoms with van der Waals surface area (Å²) >= 11 is 5.49. The smallest absolute Gasteiger partial charge is 0.227 e. The monoisotopic (exact) mass is 422 g/mol. The van der Waals surface area contributed by atoms with Gasteiger partial charge >= 0.3 is 0 Å². The molecule has 0 radical (unpaired) electrons. The van der Waals surface area contributed by atoms with Gasteiger partial charge in [-0.15, -0.1) is 0 Å². The van der Waals surface area contributed by atoms with Crippen molar-refractivity contribution in [3.8, 4) is 0 Å². The molecule has 6 heteroatoms. The maximum atomic E-state index is 12.1. The van der Waals surface area contributed by atoms with E-state index in [9.17, 15) is 4.79 Å². The van der Waals surface area contributed by atoms with Crippen molar-refractivity contribution in [2.24, 2.45) is 0 Å². The van der Waals surface area contributed by atoms with Gasteiger partial charge in [0.25, 0.3) is 0 Å². The topological polar surface area (TPSA) is 47.6 Å². The molecule has 1 saturated heterocycles. The summed E-state index contributed by atoms with van der Waals surface area (Å²) in [6, 6.07) is 14.8. The number of carbonyl (C=O) groups excluding carboxylic acids is 1. The van der Waals surface area contributed by atoms with E-state index < -0.39 is 0 Å². The standard InChI is InChI=1S/C24H30N4OS/c1-18-11-12-20(17-22(18)28-16-5-10-23(28)29)26-24(30)25-13-6-15-27-14-4-8-19-7-2-3-9-21(19)27/h2-3,7,9,11-12,17H,4-6,8,10,13-16H2,1H3,(H2,25,26,30). The molecule has 0 atom stereocenters. The molecule has 0 bridgehead atoms. The number of rotatable bonds is 6. The van der Waals surface area contributed by atoms with E-state index in [1.165, 1.54) is 24.1 Å². The van der Waals surface area contributed by atoms with Crippen LogP contribution in [-0.2, 0) is 11.2 Å². The highest BCUT2D eigenvalue weighted by Crippen LogP contribution is 2.28. The van der Waals surface area contributed by atoms with E-state index in [-0.39, 0.29) is 5.91 Å². The highest BCUT2D eigenvalue weighted by Gasteiger charge is 2.23. The van der Waals surface area contributed by atoms with Crippen molar-refractivity contribution in [3.05, 3.63) is 53.6 Å². The Morgan fingerprint density at radius 1 is 1.07 bits per heavy atom. The Balaban J connectivity index is 1.26. The summed E-state index contributed by atoms with van der Waals surface area (Å²) in [5.41, 5.74) is 5.84. The fourth-order valence-electron chi connectivity index (χ4n) is 4.37. The van der Waals surface area contributed by atoms with Crippen molar-refractivity contribution in [1.29, 1.82) is 0 Å². The number of fused-ring (bicyclic) bond motifs is 1. The van der Waals surface area contributed by atoms with Gasteiger partial charge in [0.2, 0.25) is 5.91 Å². The molecule has 0 unspecified atom stereocenters. The van der Waals surface area contributed by atoms with E-state index in [2.05, 4.69) is 39.8 Å². The lowest BCUT2D eigenvalue weighted by Crippen LogP contribution is -2.34. The Bertz CT molecular complexity index is 929. The van der Waals surface area contributed by atoms with E-state index in [0.29, 0.717) is 11.5 Å². The van der Waals surface area contributed by atoms with Crippen LogP contribution in [0.3, 0.4) is 0 Å². The number of hydrogen-bond acceptors (Lipinski definition) is 3. The molecule has 2 aromatic rings. The lowest BCUT2D eigenvalue weighted by Gasteiger charge is -2.31. The zero-order valence-electron chi connectivity index (χ0n) is 17.6. The van der Waals surface area contributed by atoms with Gasteiger partial charge < -0.3 is 20.4 Å². The maximum Gasteiger partial charge on any atom is 0.227 e. The predicted octanol–water partition coefficient (Wildman–Crippen LogP) is 4.25. The molecule has 1 amide bonds. The quantitative estimate of drug-likeness (QED) is 0.538. The highest BCUT2D eigenvalue weighted by atomic mass is 32.1. The van der Waals surface area contributed by atoms with Gasteiger partial charge in [0, 0.05) is 49.7 Å². The molecule has 0 aromatic heterocycles. The van der Waals surface area contributed by atoms with Crippen LogP contribution in [0.15, 0.2) is 42.5 Å². The van der Waals surface area contributed by atoms with E-state index in [0.717, 1.165) is 56.0 Å². The first-order valence-electron chi connectivity index (χ1n) is 10.9. The molecule has 4 rings (SSSR count). The van der Waals surface area contributed by atoms with Crippen LogP contribution >= 0.6 is 12.2 Å². The van der Waals surface area contributed by atoms with E-state index in [4.69, 9.17) is 12.2 Å². The molecule has 2 aromatic carbocycles. The third-order valence-electron chi connectivity index (χ3n) is 5.93. The summed E-state index contributed by atoms with van der Waals surface area (Å²) in [5.74, 6) is 0.204. The third-order valence-corrected chi connectivity index (χ3v) is 6.17. The molecule has 0 aliphatic carbocycles. The average molecular weight is 423 g/mol. The molecule has 0 saturated carbocycles. The Hall–Kier alpha value is -2.60. The number of benzene rings is 2. The molecule has 30 heavy (non-hydrogen) atoms. The zero-order chi connectivity index (χ0) is 20.9. The molecule has 5 nitrogen and oxygen atoms in total. The summed E-state index contributed by atoms with van der Waals surface area (Å²) in [6.45, 7) is 5.82. The molecule has 2 aliphatic heterocycles. The fourth-order valence-corrected chi connectivity index (χ4v) is 4.59. The number of aryl methyl sites for hydroxylation is 2. The van der Waals surface area contributed by atoms with Crippen molar-refractivity contribution in [2.45, 2.75) is 39.0 Å². The molecule has 1 fully saturated rings. The first-order chi connectivity index (χ1) is 14.6. The van der Waals surface area contributed by atoms with Gasteiger partial charge in [0.1, 0.15) is 0 Å². The number of hydrogen-bond donors (Lipinski definition) is 2. The van der Waals surface area contributed by atoms with Crippen LogP contribution in [-0.4, -0.2) is 37.2 Å². The summed E-state index contributed by atoms with van der Waals surface area (Å²) in [7, 11) is 0. The summed E-state index contributed by atoms with van der Waals surface area (Å²) in [6.07, 6.45) is 4.99. The van der Waals surface area contributed by atoms with Gasteiger partial charge in [-0.3, -0.25) is 4.79 Å². The Morgan fingerprint density at radius 2 is 1.90 bits per heavy atom. The van der Waals surface area contributed by atoms with Crippen molar-refractivity contribution in [3.63, 3.8) is 0 Å². The van der Waals surface area contributed by atoms with Gasteiger partial charge in [-0.05, 0) is 74.2 Å². The van der Waals surface area contributed by atoms with Crippen LogP contribution in [0.5, 0.6) is 0 Å². The van der Waals surface area contributed by atoms with E-state index in [1.54, 1.807) is 0 Å². The lowest BCUT2D eigenvalue weighted by atomic mass is 10.0. The first-order valence-corrected chi connectivity index (χ1v) is 11.3. The minimum absolute atomic E-state index is 0.204. The summed E-state index contributed by atoms with van der Waals surface area (Å²) < 4.78 is 0. The molecular formula is C24H30N4OS. The number of nitrogens with zero attached hydrogens (tertiary/aromatic N) is 2. The van der Waals surface area contributed by atoms with E-state index in [1.807, 2.05) is 30.0 Å². The highest BCUT2D eigenvalue weighted by molar-refractivity contribution is 7.80. The van der Waals surface area contributed by atoms with Crippen LogP contribution in [0.25, 0.3) is 0 Å². The normalized spacial score (nSPS) is 15.8. The number of carbonyl (C=O) groups is 1. The Morgan fingerprint density at radius 3 is 2.73 bits per heavy atom. The fraction of sp³-hybridized carbons (Fsp3) is 0.417. The van der Waals surface area contributed by atoms with Crippen LogP contribution in [0.2, 0.25) is 0 Å². The number of amides is 1. The number of thiocarbonyl (C=S) groups is 1. The molecule has 2 heterocycles. The second-order valence-corrected chi connectivity index (χ2v) is 8.51.